The molecule has 0 bridgehead atoms. The summed E-state index contributed by atoms with van der Waals surface area (Å²) in [5.74, 6) is 0.0313. The first-order valence-corrected chi connectivity index (χ1v) is 6.37. The van der Waals surface area contributed by atoms with Crippen molar-refractivity contribution in [2.75, 3.05) is 5.75 Å². The van der Waals surface area contributed by atoms with Crippen molar-refractivity contribution in [1.29, 1.82) is 0 Å². The minimum absolute atomic E-state index is 0.0169. The first-order chi connectivity index (χ1) is 7.00. The second kappa shape index (κ2) is 5.42. The van der Waals surface area contributed by atoms with Gasteiger partial charge in [0.05, 0.1) is 16.6 Å². The Morgan fingerprint density at radius 1 is 1.33 bits per heavy atom. The van der Waals surface area contributed by atoms with Gasteiger partial charge in [0.2, 0.25) is 0 Å². The van der Waals surface area contributed by atoms with Crippen LogP contribution in [0.4, 0.5) is 0 Å². The van der Waals surface area contributed by atoms with Crippen molar-refractivity contribution in [3.8, 4) is 0 Å². The van der Waals surface area contributed by atoms with Crippen LogP contribution in [0, 0.1) is 5.92 Å². The molecule has 4 heteroatoms. The summed E-state index contributed by atoms with van der Waals surface area (Å²) in [5, 5.41) is 0.603. The lowest BCUT2D eigenvalue weighted by molar-refractivity contribution is -0.119. The standard InChI is InChI=1S/C11H13ClO2S/c1-8(2)11(13)7-15(14)10-5-3-9(12)4-6-10/h3-6,8H,7H2,1-2H3. The molecule has 1 rings (SSSR count). The topological polar surface area (TPSA) is 34.1 Å². The van der Waals surface area contributed by atoms with Crippen LogP contribution in [0.1, 0.15) is 13.8 Å². The highest BCUT2D eigenvalue weighted by Gasteiger charge is 2.12. The Balaban J connectivity index is 2.69. The summed E-state index contributed by atoms with van der Waals surface area (Å²) in [5.41, 5.74) is 0. The molecular formula is C11H13ClO2S. The first-order valence-electron chi connectivity index (χ1n) is 4.67. The number of rotatable bonds is 4. The molecule has 82 valence electrons. The Morgan fingerprint density at radius 3 is 2.33 bits per heavy atom. The monoisotopic (exact) mass is 244 g/mol. The van der Waals surface area contributed by atoms with E-state index in [0.29, 0.717) is 9.92 Å². The van der Waals surface area contributed by atoms with Crippen molar-refractivity contribution in [2.45, 2.75) is 18.7 Å². The molecule has 0 aromatic heterocycles. The third-order valence-electron chi connectivity index (χ3n) is 1.99. The van der Waals surface area contributed by atoms with E-state index in [1.807, 2.05) is 0 Å². The maximum absolute atomic E-state index is 11.7. The van der Waals surface area contributed by atoms with Crippen LogP contribution in [0.25, 0.3) is 0 Å². The van der Waals surface area contributed by atoms with Crippen LogP contribution < -0.4 is 0 Å². The molecule has 1 unspecified atom stereocenters. The zero-order chi connectivity index (χ0) is 11.4. The summed E-state index contributed by atoms with van der Waals surface area (Å²) >= 11 is 5.71. The Labute approximate surface area is 97.1 Å². The molecule has 0 aliphatic heterocycles. The molecule has 2 nitrogen and oxygen atoms in total. The highest BCUT2D eigenvalue weighted by molar-refractivity contribution is 7.85. The van der Waals surface area contributed by atoms with Gasteiger partial charge in [0.15, 0.2) is 0 Å². The van der Waals surface area contributed by atoms with Crippen LogP contribution in [0.3, 0.4) is 0 Å². The first kappa shape index (κ1) is 12.4. The summed E-state index contributed by atoms with van der Waals surface area (Å²) in [6.07, 6.45) is 0. The van der Waals surface area contributed by atoms with E-state index in [0.717, 1.165) is 0 Å². The smallest absolute Gasteiger partial charge is 0.148 e. The van der Waals surface area contributed by atoms with Gasteiger partial charge in [-0.25, -0.2) is 0 Å². The molecule has 0 fully saturated rings. The van der Waals surface area contributed by atoms with Crippen molar-refractivity contribution >= 4 is 28.2 Å². The van der Waals surface area contributed by atoms with Gasteiger partial charge in [-0.2, -0.15) is 0 Å². The SMILES string of the molecule is CC(C)C(=O)CS(=O)c1ccc(Cl)cc1. The highest BCUT2D eigenvalue weighted by atomic mass is 35.5. The van der Waals surface area contributed by atoms with Gasteiger partial charge in [-0.3, -0.25) is 9.00 Å². The number of Topliss-reactive ketones (excluding diaryl/α,β-unsaturated/α-hetero) is 1. The van der Waals surface area contributed by atoms with E-state index in [9.17, 15) is 9.00 Å². The molecule has 0 radical (unpaired) electrons. The van der Waals surface area contributed by atoms with E-state index in [1.165, 1.54) is 0 Å². The summed E-state index contributed by atoms with van der Waals surface area (Å²) in [6.45, 7) is 3.61. The second-order valence-corrected chi connectivity index (χ2v) is 5.45. The number of hydrogen-bond acceptors (Lipinski definition) is 2. The molecule has 0 aliphatic carbocycles. The van der Waals surface area contributed by atoms with E-state index in [1.54, 1.807) is 38.1 Å². The lowest BCUT2D eigenvalue weighted by Gasteiger charge is -2.04. The molecule has 0 N–H and O–H groups in total. The average Bonchev–Trinajstić information content (AvgIpc) is 2.18. The molecule has 0 saturated heterocycles. The van der Waals surface area contributed by atoms with Gasteiger partial charge in [0.25, 0.3) is 0 Å². The summed E-state index contributed by atoms with van der Waals surface area (Å²) in [6, 6.07) is 6.72. The fourth-order valence-electron chi connectivity index (χ4n) is 0.966. The second-order valence-electron chi connectivity index (χ2n) is 3.56. The molecule has 0 saturated carbocycles. The minimum Gasteiger partial charge on any atom is -0.298 e. The number of hydrogen-bond donors (Lipinski definition) is 0. The van der Waals surface area contributed by atoms with Crippen molar-refractivity contribution in [2.24, 2.45) is 5.92 Å². The van der Waals surface area contributed by atoms with Gasteiger partial charge in [0, 0.05) is 15.8 Å². The Hall–Kier alpha value is -0.670. The van der Waals surface area contributed by atoms with Crippen molar-refractivity contribution in [3.63, 3.8) is 0 Å². The van der Waals surface area contributed by atoms with Gasteiger partial charge in [-0.1, -0.05) is 25.4 Å². The summed E-state index contributed by atoms with van der Waals surface area (Å²) in [4.78, 5) is 12.0. The number of halogens is 1. The fourth-order valence-corrected chi connectivity index (χ4v) is 2.29. The van der Waals surface area contributed by atoms with Crippen LogP contribution in [0.15, 0.2) is 29.2 Å². The van der Waals surface area contributed by atoms with E-state index in [4.69, 9.17) is 11.6 Å². The zero-order valence-electron chi connectivity index (χ0n) is 8.70. The predicted octanol–water partition coefficient (Wildman–Crippen LogP) is 2.67. The average molecular weight is 245 g/mol. The molecule has 1 atom stereocenters. The van der Waals surface area contributed by atoms with Gasteiger partial charge in [-0.15, -0.1) is 0 Å². The Morgan fingerprint density at radius 2 is 1.87 bits per heavy atom. The van der Waals surface area contributed by atoms with Gasteiger partial charge in [-0.05, 0) is 24.3 Å². The lowest BCUT2D eigenvalue weighted by Crippen LogP contribution is -2.16. The third-order valence-corrected chi connectivity index (χ3v) is 3.59. The molecule has 0 heterocycles. The third kappa shape index (κ3) is 3.76. The molecule has 15 heavy (non-hydrogen) atoms. The number of carbonyl (C=O) groups is 1. The highest BCUT2D eigenvalue weighted by Crippen LogP contribution is 2.13. The number of carbonyl (C=O) groups excluding carboxylic acids is 1. The van der Waals surface area contributed by atoms with Crippen molar-refractivity contribution < 1.29 is 9.00 Å². The molecule has 1 aromatic carbocycles. The summed E-state index contributed by atoms with van der Waals surface area (Å²) in [7, 11) is -1.25. The molecule has 0 spiro atoms. The molecule has 0 aliphatic rings. The normalized spacial score (nSPS) is 12.8. The van der Waals surface area contributed by atoms with E-state index in [-0.39, 0.29) is 17.5 Å². The summed E-state index contributed by atoms with van der Waals surface area (Å²) < 4.78 is 11.7. The van der Waals surface area contributed by atoms with Crippen LogP contribution in [-0.4, -0.2) is 15.7 Å². The van der Waals surface area contributed by atoms with Crippen molar-refractivity contribution in [3.05, 3.63) is 29.3 Å². The zero-order valence-corrected chi connectivity index (χ0v) is 10.3. The van der Waals surface area contributed by atoms with Crippen LogP contribution >= 0.6 is 11.6 Å². The van der Waals surface area contributed by atoms with Gasteiger partial charge in [0.1, 0.15) is 5.78 Å². The Kier molecular flexibility index (Phi) is 4.48. The Bertz CT molecular complexity index is 371. The van der Waals surface area contributed by atoms with E-state index < -0.39 is 10.8 Å². The largest absolute Gasteiger partial charge is 0.298 e. The predicted molar refractivity (Wildman–Crippen MR) is 62.6 cm³/mol. The van der Waals surface area contributed by atoms with Gasteiger partial charge >= 0.3 is 0 Å². The minimum atomic E-state index is -1.25. The van der Waals surface area contributed by atoms with Crippen LogP contribution in [0.5, 0.6) is 0 Å². The van der Waals surface area contributed by atoms with Crippen LogP contribution in [0.2, 0.25) is 5.02 Å². The lowest BCUT2D eigenvalue weighted by atomic mass is 10.1. The fraction of sp³-hybridized carbons (Fsp3) is 0.364. The molecule has 0 amide bonds. The van der Waals surface area contributed by atoms with E-state index in [2.05, 4.69) is 0 Å². The van der Waals surface area contributed by atoms with E-state index >= 15 is 0 Å². The maximum atomic E-state index is 11.7. The quantitative estimate of drug-likeness (QED) is 0.816. The van der Waals surface area contributed by atoms with Crippen LogP contribution in [-0.2, 0) is 15.6 Å². The molecular weight excluding hydrogens is 232 g/mol. The van der Waals surface area contributed by atoms with Gasteiger partial charge < -0.3 is 0 Å². The van der Waals surface area contributed by atoms with Crippen molar-refractivity contribution in [1.82, 2.24) is 0 Å². The maximum Gasteiger partial charge on any atom is 0.148 e. The number of ketones is 1. The number of benzene rings is 1. The molecule has 1 aromatic rings.